The van der Waals surface area contributed by atoms with Crippen LogP contribution in [0.5, 0.6) is 0 Å². The average molecular weight is 254 g/mol. The number of carbonyl (C=O) groups is 1. The standard InChI is InChI=1S/C16H18N2O/c1-11-6-7-16(18)13(8-11)10-14(19)9-12-4-2-3-5-15(12)17/h2-8H,9-10,17-18H2,1H3. The predicted octanol–water partition coefficient (Wildman–Crippen LogP) is 2.51. The van der Waals surface area contributed by atoms with Crippen molar-refractivity contribution in [3.8, 4) is 0 Å². The van der Waals surface area contributed by atoms with E-state index in [2.05, 4.69) is 0 Å². The molecule has 2 aromatic carbocycles. The summed E-state index contributed by atoms with van der Waals surface area (Å²) in [4.78, 5) is 12.1. The zero-order valence-corrected chi connectivity index (χ0v) is 11.0. The fraction of sp³-hybridized carbons (Fsp3) is 0.188. The summed E-state index contributed by atoms with van der Waals surface area (Å²) in [5.74, 6) is 0.121. The van der Waals surface area contributed by atoms with E-state index in [1.807, 2.05) is 49.4 Å². The number of rotatable bonds is 4. The quantitative estimate of drug-likeness (QED) is 0.824. The summed E-state index contributed by atoms with van der Waals surface area (Å²) < 4.78 is 0. The Labute approximate surface area is 113 Å². The minimum absolute atomic E-state index is 0.121. The number of Topliss-reactive ketones (excluding diaryl/α,β-unsaturated/α-hetero) is 1. The number of nitrogen functional groups attached to an aromatic ring is 2. The Balaban J connectivity index is 2.10. The highest BCUT2D eigenvalue weighted by molar-refractivity contribution is 5.85. The molecule has 0 spiro atoms. The maximum atomic E-state index is 12.1. The number of hydrogen-bond acceptors (Lipinski definition) is 3. The Morgan fingerprint density at radius 1 is 0.947 bits per heavy atom. The van der Waals surface area contributed by atoms with Crippen molar-refractivity contribution in [1.29, 1.82) is 0 Å². The maximum absolute atomic E-state index is 12.1. The highest BCUT2D eigenvalue weighted by atomic mass is 16.1. The molecule has 19 heavy (non-hydrogen) atoms. The minimum Gasteiger partial charge on any atom is -0.398 e. The molecule has 0 saturated heterocycles. The molecule has 0 aliphatic carbocycles. The number of ketones is 1. The van der Waals surface area contributed by atoms with Gasteiger partial charge in [-0.3, -0.25) is 4.79 Å². The lowest BCUT2D eigenvalue weighted by Crippen LogP contribution is -2.10. The van der Waals surface area contributed by atoms with Crippen LogP contribution in [0.4, 0.5) is 11.4 Å². The van der Waals surface area contributed by atoms with Crippen molar-refractivity contribution in [2.75, 3.05) is 11.5 Å². The summed E-state index contributed by atoms with van der Waals surface area (Å²) in [5.41, 5.74) is 15.9. The van der Waals surface area contributed by atoms with E-state index in [4.69, 9.17) is 11.5 Å². The summed E-state index contributed by atoms with van der Waals surface area (Å²) in [5, 5.41) is 0. The molecule has 0 aromatic heterocycles. The fourth-order valence-corrected chi connectivity index (χ4v) is 2.07. The third-order valence-corrected chi connectivity index (χ3v) is 3.13. The molecule has 2 rings (SSSR count). The van der Waals surface area contributed by atoms with Gasteiger partial charge in [-0.1, -0.05) is 35.9 Å². The lowest BCUT2D eigenvalue weighted by atomic mass is 9.99. The van der Waals surface area contributed by atoms with E-state index >= 15 is 0 Å². The molecular formula is C16H18N2O. The molecule has 0 saturated carbocycles. The number of hydrogen-bond donors (Lipinski definition) is 2. The van der Waals surface area contributed by atoms with Crippen LogP contribution < -0.4 is 11.5 Å². The highest BCUT2D eigenvalue weighted by Gasteiger charge is 2.09. The molecule has 4 N–H and O–H groups in total. The smallest absolute Gasteiger partial charge is 0.141 e. The summed E-state index contributed by atoms with van der Waals surface area (Å²) >= 11 is 0. The molecule has 0 amide bonds. The van der Waals surface area contributed by atoms with Crippen LogP contribution in [-0.4, -0.2) is 5.78 Å². The average Bonchev–Trinajstić information content (AvgIpc) is 2.37. The van der Waals surface area contributed by atoms with Crippen molar-refractivity contribution in [3.05, 3.63) is 59.2 Å². The van der Waals surface area contributed by atoms with Gasteiger partial charge >= 0.3 is 0 Å². The van der Waals surface area contributed by atoms with E-state index in [-0.39, 0.29) is 5.78 Å². The first-order chi connectivity index (χ1) is 9.06. The first kappa shape index (κ1) is 13.1. The van der Waals surface area contributed by atoms with Gasteiger partial charge in [0.2, 0.25) is 0 Å². The summed E-state index contributed by atoms with van der Waals surface area (Å²) in [6.45, 7) is 1.99. The number of anilines is 2. The zero-order chi connectivity index (χ0) is 13.8. The molecule has 0 fully saturated rings. The number of carbonyl (C=O) groups excluding carboxylic acids is 1. The molecule has 0 bridgehead atoms. The van der Waals surface area contributed by atoms with Crippen LogP contribution >= 0.6 is 0 Å². The Morgan fingerprint density at radius 3 is 2.32 bits per heavy atom. The lowest BCUT2D eigenvalue weighted by Gasteiger charge is -2.08. The minimum atomic E-state index is 0.121. The fourth-order valence-electron chi connectivity index (χ4n) is 2.07. The van der Waals surface area contributed by atoms with Crippen molar-refractivity contribution in [2.24, 2.45) is 0 Å². The molecule has 0 unspecified atom stereocenters. The summed E-state index contributed by atoms with van der Waals surface area (Å²) in [7, 11) is 0. The first-order valence-electron chi connectivity index (χ1n) is 6.26. The largest absolute Gasteiger partial charge is 0.398 e. The van der Waals surface area contributed by atoms with Gasteiger partial charge in [0.15, 0.2) is 0 Å². The van der Waals surface area contributed by atoms with Crippen molar-refractivity contribution in [1.82, 2.24) is 0 Å². The van der Waals surface area contributed by atoms with Gasteiger partial charge in [-0.15, -0.1) is 0 Å². The van der Waals surface area contributed by atoms with E-state index in [1.165, 1.54) is 0 Å². The van der Waals surface area contributed by atoms with Gasteiger partial charge in [0.25, 0.3) is 0 Å². The van der Waals surface area contributed by atoms with Crippen LogP contribution in [0.2, 0.25) is 0 Å². The van der Waals surface area contributed by atoms with E-state index in [0.29, 0.717) is 24.2 Å². The van der Waals surface area contributed by atoms with Crippen LogP contribution in [0, 0.1) is 6.92 Å². The van der Waals surface area contributed by atoms with E-state index in [0.717, 1.165) is 16.7 Å². The van der Waals surface area contributed by atoms with Crippen LogP contribution in [0.15, 0.2) is 42.5 Å². The molecule has 0 aliphatic rings. The molecule has 0 atom stereocenters. The molecule has 2 aromatic rings. The van der Waals surface area contributed by atoms with Crippen molar-refractivity contribution in [3.63, 3.8) is 0 Å². The van der Waals surface area contributed by atoms with Crippen LogP contribution in [0.25, 0.3) is 0 Å². The van der Waals surface area contributed by atoms with Gasteiger partial charge in [0, 0.05) is 24.2 Å². The van der Waals surface area contributed by atoms with Crippen molar-refractivity contribution in [2.45, 2.75) is 19.8 Å². The zero-order valence-electron chi connectivity index (χ0n) is 11.0. The molecule has 0 heterocycles. The second kappa shape index (κ2) is 5.57. The monoisotopic (exact) mass is 254 g/mol. The van der Waals surface area contributed by atoms with Crippen molar-refractivity contribution < 1.29 is 4.79 Å². The maximum Gasteiger partial charge on any atom is 0.141 e. The Hall–Kier alpha value is -2.29. The van der Waals surface area contributed by atoms with Gasteiger partial charge < -0.3 is 11.5 Å². The molecule has 3 nitrogen and oxygen atoms in total. The van der Waals surface area contributed by atoms with Gasteiger partial charge in [-0.05, 0) is 30.2 Å². The molecule has 3 heteroatoms. The normalized spacial score (nSPS) is 10.4. The second-order valence-corrected chi connectivity index (χ2v) is 4.79. The molecule has 98 valence electrons. The van der Waals surface area contributed by atoms with E-state index < -0.39 is 0 Å². The predicted molar refractivity (Wildman–Crippen MR) is 78.9 cm³/mol. The number of benzene rings is 2. The highest BCUT2D eigenvalue weighted by Crippen LogP contribution is 2.17. The Bertz CT molecular complexity index is 605. The topological polar surface area (TPSA) is 69.1 Å². The third-order valence-electron chi connectivity index (χ3n) is 3.13. The van der Waals surface area contributed by atoms with E-state index in [1.54, 1.807) is 0 Å². The first-order valence-corrected chi connectivity index (χ1v) is 6.26. The van der Waals surface area contributed by atoms with Gasteiger partial charge in [0.1, 0.15) is 5.78 Å². The Morgan fingerprint density at radius 2 is 1.58 bits per heavy atom. The van der Waals surface area contributed by atoms with Gasteiger partial charge in [-0.25, -0.2) is 0 Å². The third kappa shape index (κ3) is 3.35. The van der Waals surface area contributed by atoms with Crippen molar-refractivity contribution >= 4 is 17.2 Å². The summed E-state index contributed by atoms with van der Waals surface area (Å²) in [6.07, 6.45) is 0.696. The Kier molecular flexibility index (Phi) is 3.85. The second-order valence-electron chi connectivity index (χ2n) is 4.79. The lowest BCUT2D eigenvalue weighted by molar-refractivity contribution is -0.117. The number of para-hydroxylation sites is 1. The molecular weight excluding hydrogens is 236 g/mol. The van der Waals surface area contributed by atoms with E-state index in [9.17, 15) is 4.79 Å². The van der Waals surface area contributed by atoms with Crippen LogP contribution in [-0.2, 0) is 17.6 Å². The van der Waals surface area contributed by atoms with Gasteiger partial charge in [-0.2, -0.15) is 0 Å². The number of aryl methyl sites for hydroxylation is 1. The molecule has 0 aliphatic heterocycles. The summed E-state index contributed by atoms with van der Waals surface area (Å²) in [6, 6.07) is 13.2. The SMILES string of the molecule is Cc1ccc(N)c(CC(=O)Cc2ccccc2N)c1. The van der Waals surface area contributed by atoms with Crippen LogP contribution in [0.3, 0.4) is 0 Å². The van der Waals surface area contributed by atoms with Gasteiger partial charge in [0.05, 0.1) is 0 Å². The molecule has 0 radical (unpaired) electrons. The number of nitrogens with two attached hydrogens (primary N) is 2. The van der Waals surface area contributed by atoms with Crippen LogP contribution in [0.1, 0.15) is 16.7 Å².